The number of hydrogen-bond donors (Lipinski definition) is 2. The van der Waals surface area contributed by atoms with E-state index in [0.717, 1.165) is 25.7 Å². The number of carbonyl (C=O) groups is 1. The Hall–Kier alpha value is -1.51. The molecule has 3 heteroatoms. The molecule has 0 aromatic heterocycles. The summed E-state index contributed by atoms with van der Waals surface area (Å²) in [5.41, 5.74) is 3.91. The van der Waals surface area contributed by atoms with E-state index in [-0.39, 0.29) is 5.91 Å². The van der Waals surface area contributed by atoms with Crippen LogP contribution in [0.5, 0.6) is 0 Å². The van der Waals surface area contributed by atoms with Gasteiger partial charge < -0.3 is 10.6 Å². The molecule has 1 aliphatic rings. The van der Waals surface area contributed by atoms with Crippen LogP contribution in [-0.4, -0.2) is 18.5 Å². The minimum atomic E-state index is 0.187. The first-order valence-corrected chi connectivity index (χ1v) is 8.88. The van der Waals surface area contributed by atoms with Gasteiger partial charge in [-0.25, -0.2) is 0 Å². The number of para-hydroxylation sites is 1. The zero-order valence-electron chi connectivity index (χ0n) is 14.1. The van der Waals surface area contributed by atoms with Crippen molar-refractivity contribution >= 4 is 11.6 Å². The SMILES string of the molecule is CCc1cccc(CC)c1NCCC(=O)NC1CCCCC1. The third kappa shape index (κ3) is 4.75. The van der Waals surface area contributed by atoms with Crippen LogP contribution in [0.3, 0.4) is 0 Å². The van der Waals surface area contributed by atoms with Crippen molar-refractivity contribution in [1.29, 1.82) is 0 Å². The minimum absolute atomic E-state index is 0.187. The van der Waals surface area contributed by atoms with Crippen LogP contribution in [0.2, 0.25) is 0 Å². The average molecular weight is 302 g/mol. The Kier molecular flexibility index (Phi) is 6.75. The van der Waals surface area contributed by atoms with Gasteiger partial charge in [0.2, 0.25) is 5.91 Å². The number of rotatable bonds is 7. The molecular formula is C19H30N2O. The molecular weight excluding hydrogens is 272 g/mol. The van der Waals surface area contributed by atoms with E-state index in [1.54, 1.807) is 0 Å². The van der Waals surface area contributed by atoms with Crippen LogP contribution in [0, 0.1) is 0 Å². The molecule has 3 nitrogen and oxygen atoms in total. The molecule has 0 bridgehead atoms. The number of anilines is 1. The van der Waals surface area contributed by atoms with Gasteiger partial charge in [-0.05, 0) is 36.8 Å². The van der Waals surface area contributed by atoms with Gasteiger partial charge in [0.25, 0.3) is 0 Å². The lowest BCUT2D eigenvalue weighted by Crippen LogP contribution is -2.36. The number of aryl methyl sites for hydroxylation is 2. The zero-order valence-corrected chi connectivity index (χ0v) is 14.1. The third-order valence-electron chi connectivity index (χ3n) is 4.62. The van der Waals surface area contributed by atoms with Crippen LogP contribution in [-0.2, 0) is 17.6 Å². The van der Waals surface area contributed by atoms with Gasteiger partial charge in [-0.2, -0.15) is 0 Å². The largest absolute Gasteiger partial charge is 0.384 e. The zero-order chi connectivity index (χ0) is 15.8. The Balaban J connectivity index is 1.81. The quantitative estimate of drug-likeness (QED) is 0.797. The molecule has 0 radical (unpaired) electrons. The van der Waals surface area contributed by atoms with E-state index >= 15 is 0 Å². The Morgan fingerprint density at radius 3 is 2.32 bits per heavy atom. The van der Waals surface area contributed by atoms with Crippen molar-refractivity contribution in [2.45, 2.75) is 71.3 Å². The summed E-state index contributed by atoms with van der Waals surface area (Å²) in [6, 6.07) is 6.88. The second-order valence-electron chi connectivity index (χ2n) is 6.24. The molecule has 22 heavy (non-hydrogen) atoms. The molecule has 0 spiro atoms. The summed E-state index contributed by atoms with van der Waals surface area (Å²) >= 11 is 0. The van der Waals surface area contributed by atoms with E-state index in [1.165, 1.54) is 36.1 Å². The number of nitrogens with one attached hydrogen (secondary N) is 2. The summed E-state index contributed by atoms with van der Waals surface area (Å²) < 4.78 is 0. The highest BCUT2D eigenvalue weighted by atomic mass is 16.1. The molecule has 0 heterocycles. The van der Waals surface area contributed by atoms with Crippen molar-refractivity contribution in [3.8, 4) is 0 Å². The minimum Gasteiger partial charge on any atom is -0.384 e. The molecule has 2 rings (SSSR count). The van der Waals surface area contributed by atoms with Crippen LogP contribution >= 0.6 is 0 Å². The monoisotopic (exact) mass is 302 g/mol. The topological polar surface area (TPSA) is 41.1 Å². The van der Waals surface area contributed by atoms with Crippen LogP contribution < -0.4 is 10.6 Å². The van der Waals surface area contributed by atoms with Gasteiger partial charge in [0.1, 0.15) is 0 Å². The fraction of sp³-hybridized carbons (Fsp3) is 0.632. The van der Waals surface area contributed by atoms with Gasteiger partial charge >= 0.3 is 0 Å². The highest BCUT2D eigenvalue weighted by Crippen LogP contribution is 2.22. The summed E-state index contributed by atoms with van der Waals surface area (Å²) in [7, 11) is 0. The van der Waals surface area contributed by atoms with Gasteiger partial charge in [0, 0.05) is 24.7 Å². The number of hydrogen-bond acceptors (Lipinski definition) is 2. The summed E-state index contributed by atoms with van der Waals surface area (Å²) in [4.78, 5) is 12.1. The smallest absolute Gasteiger partial charge is 0.221 e. The van der Waals surface area contributed by atoms with Crippen molar-refractivity contribution in [1.82, 2.24) is 5.32 Å². The summed E-state index contributed by atoms with van der Waals surface area (Å²) in [6.07, 6.45) is 8.73. The van der Waals surface area contributed by atoms with Crippen molar-refractivity contribution < 1.29 is 4.79 Å². The maximum Gasteiger partial charge on any atom is 0.221 e. The third-order valence-corrected chi connectivity index (χ3v) is 4.62. The first-order chi connectivity index (χ1) is 10.7. The molecule has 1 aliphatic carbocycles. The molecule has 0 aliphatic heterocycles. The highest BCUT2D eigenvalue weighted by molar-refractivity contribution is 5.77. The Bertz CT molecular complexity index is 456. The molecule has 0 atom stereocenters. The van der Waals surface area contributed by atoms with Gasteiger partial charge in [-0.15, -0.1) is 0 Å². The van der Waals surface area contributed by atoms with Gasteiger partial charge in [0.15, 0.2) is 0 Å². The van der Waals surface area contributed by atoms with Gasteiger partial charge in [-0.3, -0.25) is 4.79 Å². The number of benzene rings is 1. The van der Waals surface area contributed by atoms with E-state index in [2.05, 4.69) is 42.7 Å². The molecule has 0 saturated heterocycles. The summed E-state index contributed by atoms with van der Waals surface area (Å²) in [5, 5.41) is 6.67. The van der Waals surface area contributed by atoms with Crippen molar-refractivity contribution in [2.24, 2.45) is 0 Å². The molecule has 1 aromatic rings. The van der Waals surface area contributed by atoms with Gasteiger partial charge in [0.05, 0.1) is 0 Å². The lowest BCUT2D eigenvalue weighted by Gasteiger charge is -2.23. The number of carbonyl (C=O) groups excluding carboxylic acids is 1. The van der Waals surface area contributed by atoms with Crippen molar-refractivity contribution in [3.05, 3.63) is 29.3 Å². The average Bonchev–Trinajstić information content (AvgIpc) is 2.55. The summed E-state index contributed by atoms with van der Waals surface area (Å²) in [5.74, 6) is 0.187. The summed E-state index contributed by atoms with van der Waals surface area (Å²) in [6.45, 7) is 5.06. The fourth-order valence-electron chi connectivity index (χ4n) is 3.32. The van der Waals surface area contributed by atoms with E-state index in [0.29, 0.717) is 19.0 Å². The molecule has 1 saturated carbocycles. The molecule has 2 N–H and O–H groups in total. The van der Waals surface area contributed by atoms with Crippen molar-refractivity contribution in [3.63, 3.8) is 0 Å². The first kappa shape index (κ1) is 16.9. The van der Waals surface area contributed by atoms with Gasteiger partial charge in [-0.1, -0.05) is 51.3 Å². The van der Waals surface area contributed by atoms with E-state index in [4.69, 9.17) is 0 Å². The fourth-order valence-corrected chi connectivity index (χ4v) is 3.32. The Labute approximate surface area is 134 Å². The van der Waals surface area contributed by atoms with E-state index in [9.17, 15) is 4.79 Å². The van der Waals surface area contributed by atoms with E-state index in [1.807, 2.05) is 0 Å². The van der Waals surface area contributed by atoms with Crippen LogP contribution in [0.15, 0.2) is 18.2 Å². The maximum absolute atomic E-state index is 12.1. The highest BCUT2D eigenvalue weighted by Gasteiger charge is 2.15. The molecule has 1 fully saturated rings. The lowest BCUT2D eigenvalue weighted by atomic mass is 9.95. The first-order valence-electron chi connectivity index (χ1n) is 8.88. The number of amides is 1. The Morgan fingerprint density at radius 2 is 1.73 bits per heavy atom. The molecule has 1 aromatic carbocycles. The second kappa shape index (κ2) is 8.82. The predicted octanol–water partition coefficient (Wildman–Crippen LogP) is 4.06. The molecule has 0 unspecified atom stereocenters. The standard InChI is InChI=1S/C19H30N2O/c1-3-15-9-8-10-16(4-2)19(15)20-14-13-18(22)21-17-11-6-5-7-12-17/h8-10,17,20H,3-7,11-14H2,1-2H3,(H,21,22). The van der Waals surface area contributed by atoms with Crippen LogP contribution in [0.4, 0.5) is 5.69 Å². The van der Waals surface area contributed by atoms with Crippen LogP contribution in [0.1, 0.15) is 63.5 Å². The Morgan fingerprint density at radius 1 is 1.09 bits per heavy atom. The van der Waals surface area contributed by atoms with Crippen LogP contribution in [0.25, 0.3) is 0 Å². The molecule has 1 amide bonds. The second-order valence-corrected chi connectivity index (χ2v) is 6.24. The van der Waals surface area contributed by atoms with E-state index < -0.39 is 0 Å². The maximum atomic E-state index is 12.1. The molecule has 122 valence electrons. The predicted molar refractivity (Wildman–Crippen MR) is 93.3 cm³/mol. The normalized spacial score (nSPS) is 15.5. The lowest BCUT2D eigenvalue weighted by molar-refractivity contribution is -0.121. The van der Waals surface area contributed by atoms with Crippen molar-refractivity contribution in [2.75, 3.05) is 11.9 Å².